The first kappa shape index (κ1) is 17.2. The van der Waals surface area contributed by atoms with E-state index >= 15 is 0 Å². The molecule has 2 aromatic rings. The van der Waals surface area contributed by atoms with Crippen molar-refractivity contribution in [2.75, 3.05) is 0 Å². The molecule has 0 aliphatic rings. The number of nitro groups is 2. The average Bonchev–Trinajstić information content (AvgIpc) is 2.50. The van der Waals surface area contributed by atoms with E-state index in [1.165, 1.54) is 0 Å². The first-order valence-electron chi connectivity index (χ1n) is 6.12. The molecule has 0 heterocycles. The van der Waals surface area contributed by atoms with Crippen LogP contribution in [0.5, 0.6) is 23.0 Å². The van der Waals surface area contributed by atoms with Gasteiger partial charge >= 0.3 is 138 Å². The predicted octanol–water partition coefficient (Wildman–Crippen LogP) is 1.52. The van der Waals surface area contributed by atoms with Crippen LogP contribution in [0, 0.1) is 20.2 Å². The third-order valence-corrected chi connectivity index (χ3v) is 4.38. The summed E-state index contributed by atoms with van der Waals surface area (Å²) in [5, 5.41) is 40.0. The van der Waals surface area contributed by atoms with Crippen LogP contribution in [-0.2, 0) is 3.74 Å². The van der Waals surface area contributed by atoms with Crippen molar-refractivity contribution >= 4 is 26.6 Å². The maximum absolute atomic E-state index is 11.9. The Kier molecular flexibility index (Phi) is 4.95. The van der Waals surface area contributed by atoms with E-state index in [2.05, 4.69) is 0 Å². The topological polar surface area (TPSA) is 162 Å². The summed E-state index contributed by atoms with van der Waals surface area (Å²) in [5.41, 5.74) is -1.28. The molecular weight excluding hydrogens is 391 g/mol. The summed E-state index contributed by atoms with van der Waals surface area (Å²) in [5.74, 6) is -1.51. The van der Waals surface area contributed by atoms with Gasteiger partial charge in [-0.3, -0.25) is 0 Å². The number of nitro benzene ring substituents is 2. The van der Waals surface area contributed by atoms with E-state index in [1.54, 1.807) is 0 Å². The fourth-order valence-corrected chi connectivity index (χ4v) is 3.07. The molecule has 0 saturated heterocycles. The Morgan fingerprint density at radius 1 is 0.833 bits per heavy atom. The molecule has 0 fully saturated rings. The van der Waals surface area contributed by atoms with Gasteiger partial charge in [0.2, 0.25) is 0 Å². The Balaban J connectivity index is 2.14. The van der Waals surface area contributed by atoms with Gasteiger partial charge in [-0.05, 0) is 0 Å². The van der Waals surface area contributed by atoms with Crippen molar-refractivity contribution in [3.05, 3.63) is 56.6 Å². The Labute approximate surface area is 138 Å². The first-order chi connectivity index (χ1) is 11.3. The van der Waals surface area contributed by atoms with Crippen LogP contribution in [0.2, 0.25) is 0 Å². The third-order valence-electron chi connectivity index (χ3n) is 2.69. The number of hydrogen-bond donors (Lipinski definition) is 2. The van der Waals surface area contributed by atoms with Crippen molar-refractivity contribution in [1.29, 1.82) is 0 Å². The number of hydrogen-bond acceptors (Lipinski definition) is 9. The summed E-state index contributed by atoms with van der Waals surface area (Å²) in [7, 11) is 0. The summed E-state index contributed by atoms with van der Waals surface area (Å²) in [6.45, 7) is 0. The van der Waals surface area contributed by atoms with Gasteiger partial charge in [0.25, 0.3) is 0 Å². The molecular formula is C12H9AsN2O9. The minimum absolute atomic E-state index is 0.169. The number of phenolic OH excluding ortho intramolecular Hbond substituents is 2. The van der Waals surface area contributed by atoms with Crippen LogP contribution in [0.1, 0.15) is 0 Å². The van der Waals surface area contributed by atoms with Crippen molar-refractivity contribution in [2.45, 2.75) is 0 Å². The Bertz CT molecular complexity index is 772. The van der Waals surface area contributed by atoms with Crippen LogP contribution >= 0.6 is 0 Å². The fourth-order valence-electron chi connectivity index (χ4n) is 1.64. The SMILES string of the molecule is O=[N+]([O-])c1cc(O[AsH](=O)Oc2ccc(O)c([N+](=O)[O-])c2)ccc1O. The van der Waals surface area contributed by atoms with Crippen molar-refractivity contribution in [1.82, 2.24) is 0 Å². The molecule has 0 amide bonds. The first-order valence-corrected chi connectivity index (χ1v) is 8.69. The number of phenols is 2. The Morgan fingerprint density at radius 3 is 1.54 bits per heavy atom. The van der Waals surface area contributed by atoms with Crippen molar-refractivity contribution < 1.29 is 31.3 Å². The standard InChI is InChI=1S/C12H9AsN2O9/c16-11-3-1-7(5-9(11)14(19)20)23-13(18)24-8-2-4-12(17)10(6-8)15(21)22/h1-6,13,16-17H. The van der Waals surface area contributed by atoms with Gasteiger partial charge in [-0.2, -0.15) is 0 Å². The summed E-state index contributed by atoms with van der Waals surface area (Å²) in [4.78, 5) is 19.7. The van der Waals surface area contributed by atoms with Crippen LogP contribution in [0.4, 0.5) is 11.4 Å². The van der Waals surface area contributed by atoms with Crippen molar-refractivity contribution in [3.8, 4) is 23.0 Å². The van der Waals surface area contributed by atoms with Gasteiger partial charge in [-0.1, -0.05) is 0 Å². The van der Waals surface area contributed by atoms with Gasteiger partial charge in [-0.15, -0.1) is 0 Å². The Morgan fingerprint density at radius 2 is 1.21 bits per heavy atom. The number of benzene rings is 2. The zero-order chi connectivity index (χ0) is 17.9. The molecule has 11 nitrogen and oxygen atoms in total. The van der Waals surface area contributed by atoms with E-state index < -0.39 is 48.0 Å². The number of rotatable bonds is 6. The molecule has 0 aromatic heterocycles. The summed E-state index contributed by atoms with van der Waals surface area (Å²) in [6, 6.07) is 6.01. The predicted molar refractivity (Wildman–Crippen MR) is 78.6 cm³/mol. The van der Waals surface area contributed by atoms with Gasteiger partial charge in [0.15, 0.2) is 0 Å². The minimum atomic E-state index is -3.94. The second-order valence-corrected chi connectivity index (χ2v) is 6.17. The monoisotopic (exact) mass is 400 g/mol. The van der Waals surface area contributed by atoms with E-state index in [-0.39, 0.29) is 11.5 Å². The number of nitrogens with zero attached hydrogens (tertiary/aromatic N) is 2. The third kappa shape index (κ3) is 3.96. The maximum atomic E-state index is 11.9. The summed E-state index contributed by atoms with van der Waals surface area (Å²) < 4.78 is 21.7. The van der Waals surface area contributed by atoms with Gasteiger partial charge in [0.05, 0.1) is 0 Å². The molecule has 12 heteroatoms. The molecule has 0 aliphatic carbocycles. The molecule has 0 aliphatic heterocycles. The van der Waals surface area contributed by atoms with E-state index in [1.807, 2.05) is 0 Å². The number of aromatic hydroxyl groups is 2. The van der Waals surface area contributed by atoms with E-state index in [9.17, 15) is 34.2 Å². The van der Waals surface area contributed by atoms with E-state index in [0.717, 1.165) is 36.4 Å². The van der Waals surface area contributed by atoms with Crippen LogP contribution in [0.15, 0.2) is 36.4 Å². The molecule has 2 N–H and O–H groups in total. The van der Waals surface area contributed by atoms with Crippen molar-refractivity contribution in [3.63, 3.8) is 0 Å². The molecule has 0 saturated carbocycles. The summed E-state index contributed by atoms with van der Waals surface area (Å²) in [6.07, 6.45) is 0. The quantitative estimate of drug-likeness (QED) is 0.416. The van der Waals surface area contributed by atoms with Crippen LogP contribution in [-0.4, -0.2) is 35.3 Å². The molecule has 0 bridgehead atoms. The van der Waals surface area contributed by atoms with E-state index in [4.69, 9.17) is 7.45 Å². The molecule has 2 rings (SSSR count). The van der Waals surface area contributed by atoms with E-state index in [0.29, 0.717) is 0 Å². The fraction of sp³-hybridized carbons (Fsp3) is 0. The zero-order valence-electron chi connectivity index (χ0n) is 11.6. The van der Waals surface area contributed by atoms with Gasteiger partial charge in [0.1, 0.15) is 0 Å². The molecule has 2 aromatic carbocycles. The molecule has 0 spiro atoms. The van der Waals surface area contributed by atoms with Gasteiger partial charge in [0, 0.05) is 0 Å². The average molecular weight is 400 g/mol. The molecule has 0 unspecified atom stereocenters. The molecule has 24 heavy (non-hydrogen) atoms. The second-order valence-electron chi connectivity index (χ2n) is 4.27. The van der Waals surface area contributed by atoms with Crippen molar-refractivity contribution in [2.24, 2.45) is 0 Å². The second kappa shape index (κ2) is 6.92. The molecule has 0 radical (unpaired) electrons. The normalized spacial score (nSPS) is 10.4. The molecule has 0 atom stereocenters. The van der Waals surface area contributed by atoms with Gasteiger partial charge < -0.3 is 0 Å². The van der Waals surface area contributed by atoms with Gasteiger partial charge in [-0.25, -0.2) is 0 Å². The molecule has 126 valence electrons. The van der Waals surface area contributed by atoms with Crippen LogP contribution in [0.25, 0.3) is 0 Å². The Hall–Kier alpha value is -3.20. The van der Waals surface area contributed by atoms with Crippen LogP contribution in [0.3, 0.4) is 0 Å². The van der Waals surface area contributed by atoms with Crippen LogP contribution < -0.4 is 7.45 Å². The summed E-state index contributed by atoms with van der Waals surface area (Å²) >= 11 is -3.94. The zero-order valence-corrected chi connectivity index (χ0v) is 13.7.